The van der Waals surface area contributed by atoms with Crippen LogP contribution < -0.4 is 5.32 Å². The predicted octanol–water partition coefficient (Wildman–Crippen LogP) is 4.84. The molecule has 0 aliphatic heterocycles. The molecule has 2 aromatic rings. The SMILES string of the molecule is C[C@@H](NCc1cccc(Cl)c1)c1cccc(Cl)c1. The second-order valence-corrected chi connectivity index (χ2v) is 5.16. The highest BCUT2D eigenvalue weighted by Gasteiger charge is 2.05. The van der Waals surface area contributed by atoms with Gasteiger partial charge in [0.2, 0.25) is 0 Å². The van der Waals surface area contributed by atoms with Crippen LogP contribution in [0.15, 0.2) is 48.5 Å². The molecule has 1 N–H and O–H groups in total. The molecule has 3 heteroatoms. The van der Waals surface area contributed by atoms with Crippen LogP contribution in [0.1, 0.15) is 24.1 Å². The molecule has 0 amide bonds. The Hall–Kier alpha value is -1.02. The van der Waals surface area contributed by atoms with Crippen molar-refractivity contribution < 1.29 is 0 Å². The number of halogens is 2. The van der Waals surface area contributed by atoms with E-state index in [1.54, 1.807) is 0 Å². The van der Waals surface area contributed by atoms with Crippen molar-refractivity contribution in [2.75, 3.05) is 0 Å². The Kier molecular flexibility index (Phi) is 4.65. The predicted molar refractivity (Wildman–Crippen MR) is 78.2 cm³/mol. The normalized spacial score (nSPS) is 12.4. The lowest BCUT2D eigenvalue weighted by Crippen LogP contribution is -2.17. The second-order valence-electron chi connectivity index (χ2n) is 4.29. The molecule has 0 fully saturated rings. The number of benzene rings is 2. The molecule has 2 aromatic carbocycles. The van der Waals surface area contributed by atoms with Crippen LogP contribution in [0.5, 0.6) is 0 Å². The number of hydrogen-bond acceptors (Lipinski definition) is 1. The summed E-state index contributed by atoms with van der Waals surface area (Å²) in [6.07, 6.45) is 0. The monoisotopic (exact) mass is 279 g/mol. The first-order valence-electron chi connectivity index (χ1n) is 5.88. The minimum absolute atomic E-state index is 0.252. The minimum atomic E-state index is 0.252. The van der Waals surface area contributed by atoms with Crippen LogP contribution in [0, 0.1) is 0 Å². The fourth-order valence-electron chi connectivity index (χ4n) is 1.81. The topological polar surface area (TPSA) is 12.0 Å². The van der Waals surface area contributed by atoms with Crippen LogP contribution >= 0.6 is 23.2 Å². The fraction of sp³-hybridized carbons (Fsp3) is 0.200. The Morgan fingerprint density at radius 3 is 2.33 bits per heavy atom. The van der Waals surface area contributed by atoms with Crippen molar-refractivity contribution in [3.63, 3.8) is 0 Å². The number of rotatable bonds is 4. The third-order valence-corrected chi connectivity index (χ3v) is 3.32. The lowest BCUT2D eigenvalue weighted by Gasteiger charge is -2.14. The van der Waals surface area contributed by atoms with Gasteiger partial charge in [-0.3, -0.25) is 0 Å². The van der Waals surface area contributed by atoms with Crippen molar-refractivity contribution in [1.29, 1.82) is 0 Å². The molecule has 1 nitrogen and oxygen atoms in total. The molecule has 0 bridgehead atoms. The fourth-order valence-corrected chi connectivity index (χ4v) is 2.22. The third-order valence-electron chi connectivity index (χ3n) is 2.85. The van der Waals surface area contributed by atoms with Gasteiger partial charge in [0, 0.05) is 22.6 Å². The van der Waals surface area contributed by atoms with E-state index < -0.39 is 0 Å². The van der Waals surface area contributed by atoms with E-state index in [9.17, 15) is 0 Å². The van der Waals surface area contributed by atoms with Crippen molar-refractivity contribution in [1.82, 2.24) is 5.32 Å². The molecule has 94 valence electrons. The van der Waals surface area contributed by atoms with Gasteiger partial charge in [0.05, 0.1) is 0 Å². The quantitative estimate of drug-likeness (QED) is 0.844. The van der Waals surface area contributed by atoms with Crippen molar-refractivity contribution in [2.45, 2.75) is 19.5 Å². The number of hydrogen-bond donors (Lipinski definition) is 1. The molecule has 18 heavy (non-hydrogen) atoms. The summed E-state index contributed by atoms with van der Waals surface area (Å²) < 4.78 is 0. The summed E-state index contributed by atoms with van der Waals surface area (Å²) >= 11 is 11.9. The highest BCUT2D eigenvalue weighted by Crippen LogP contribution is 2.18. The van der Waals surface area contributed by atoms with Crippen LogP contribution in [0.4, 0.5) is 0 Å². The first-order valence-corrected chi connectivity index (χ1v) is 6.64. The summed E-state index contributed by atoms with van der Waals surface area (Å²) in [6.45, 7) is 2.91. The molecule has 0 heterocycles. The zero-order valence-corrected chi connectivity index (χ0v) is 11.7. The third kappa shape index (κ3) is 3.74. The van der Waals surface area contributed by atoms with Gasteiger partial charge >= 0.3 is 0 Å². The summed E-state index contributed by atoms with van der Waals surface area (Å²) in [7, 11) is 0. The molecular weight excluding hydrogens is 265 g/mol. The first kappa shape index (κ1) is 13.4. The summed E-state index contributed by atoms with van der Waals surface area (Å²) in [6, 6.07) is 16.0. The van der Waals surface area contributed by atoms with Crippen molar-refractivity contribution in [2.24, 2.45) is 0 Å². The summed E-state index contributed by atoms with van der Waals surface area (Å²) in [5, 5.41) is 4.99. The maximum absolute atomic E-state index is 5.98. The molecule has 0 aliphatic carbocycles. The highest BCUT2D eigenvalue weighted by molar-refractivity contribution is 6.30. The van der Waals surface area contributed by atoms with E-state index in [0.29, 0.717) is 0 Å². The molecule has 0 saturated heterocycles. The molecule has 1 atom stereocenters. The summed E-state index contributed by atoms with van der Waals surface area (Å²) in [4.78, 5) is 0. The Balaban J connectivity index is 1.98. The largest absolute Gasteiger partial charge is 0.306 e. The highest BCUT2D eigenvalue weighted by atomic mass is 35.5. The zero-order valence-electron chi connectivity index (χ0n) is 10.2. The van der Waals surface area contributed by atoms with E-state index >= 15 is 0 Å². The van der Waals surface area contributed by atoms with Gasteiger partial charge in [-0.1, -0.05) is 47.5 Å². The molecule has 2 rings (SSSR count). The van der Waals surface area contributed by atoms with Crippen molar-refractivity contribution >= 4 is 23.2 Å². The lowest BCUT2D eigenvalue weighted by atomic mass is 10.1. The molecule has 0 saturated carbocycles. The van der Waals surface area contributed by atoms with Gasteiger partial charge in [0.25, 0.3) is 0 Å². The average molecular weight is 280 g/mol. The molecular formula is C15H15Cl2N. The molecule has 0 radical (unpaired) electrons. The average Bonchev–Trinajstić information content (AvgIpc) is 2.36. The maximum atomic E-state index is 5.98. The van der Waals surface area contributed by atoms with E-state index in [0.717, 1.165) is 16.6 Å². The Morgan fingerprint density at radius 2 is 1.67 bits per heavy atom. The van der Waals surface area contributed by atoms with Crippen LogP contribution in [0.25, 0.3) is 0 Å². The van der Waals surface area contributed by atoms with Crippen molar-refractivity contribution in [3.8, 4) is 0 Å². The maximum Gasteiger partial charge on any atom is 0.0409 e. The van der Waals surface area contributed by atoms with Gasteiger partial charge in [-0.15, -0.1) is 0 Å². The lowest BCUT2D eigenvalue weighted by molar-refractivity contribution is 0.575. The minimum Gasteiger partial charge on any atom is -0.306 e. The molecule has 0 spiro atoms. The van der Waals surface area contributed by atoms with Gasteiger partial charge in [0.15, 0.2) is 0 Å². The Morgan fingerprint density at radius 1 is 1.00 bits per heavy atom. The molecule has 0 aromatic heterocycles. The van der Waals surface area contributed by atoms with Gasteiger partial charge in [0.1, 0.15) is 0 Å². The Labute approximate surface area is 118 Å². The van der Waals surface area contributed by atoms with E-state index in [-0.39, 0.29) is 6.04 Å². The van der Waals surface area contributed by atoms with E-state index in [4.69, 9.17) is 23.2 Å². The van der Waals surface area contributed by atoms with Gasteiger partial charge in [-0.05, 0) is 42.3 Å². The van der Waals surface area contributed by atoms with Crippen LogP contribution in [0.2, 0.25) is 10.0 Å². The van der Waals surface area contributed by atoms with Crippen LogP contribution in [-0.2, 0) is 6.54 Å². The molecule has 0 aliphatic rings. The standard InChI is InChI=1S/C15H15Cl2N/c1-11(13-5-3-7-15(17)9-13)18-10-12-4-2-6-14(16)8-12/h2-9,11,18H,10H2,1H3/t11-/m1/s1. The second kappa shape index (κ2) is 6.24. The number of nitrogens with one attached hydrogen (secondary N) is 1. The Bertz CT molecular complexity index is 525. The first-order chi connectivity index (χ1) is 8.65. The van der Waals surface area contributed by atoms with Crippen LogP contribution in [-0.4, -0.2) is 0 Å². The van der Waals surface area contributed by atoms with E-state index in [2.05, 4.69) is 24.4 Å². The smallest absolute Gasteiger partial charge is 0.0409 e. The van der Waals surface area contributed by atoms with Gasteiger partial charge in [-0.25, -0.2) is 0 Å². The van der Waals surface area contributed by atoms with Crippen LogP contribution in [0.3, 0.4) is 0 Å². The summed E-state index contributed by atoms with van der Waals surface area (Å²) in [5.41, 5.74) is 2.36. The van der Waals surface area contributed by atoms with Crippen molar-refractivity contribution in [3.05, 3.63) is 69.7 Å². The van der Waals surface area contributed by atoms with Gasteiger partial charge < -0.3 is 5.32 Å². The zero-order chi connectivity index (χ0) is 13.0. The van der Waals surface area contributed by atoms with E-state index in [1.165, 1.54) is 11.1 Å². The molecule has 0 unspecified atom stereocenters. The van der Waals surface area contributed by atoms with Gasteiger partial charge in [-0.2, -0.15) is 0 Å². The van der Waals surface area contributed by atoms with E-state index in [1.807, 2.05) is 36.4 Å². The summed E-state index contributed by atoms with van der Waals surface area (Å²) in [5.74, 6) is 0.